The van der Waals surface area contributed by atoms with Gasteiger partial charge in [0.25, 0.3) is 0 Å². The smallest absolute Gasteiger partial charge is 0.306 e. The fourth-order valence-corrected chi connectivity index (χ4v) is 9.35. The van der Waals surface area contributed by atoms with Gasteiger partial charge in [-0.15, -0.1) is 23.2 Å². The average Bonchev–Trinajstić information content (AvgIpc) is 3.18. The number of fused-ring (bicyclic) bond motifs is 5. The second-order valence-electron chi connectivity index (χ2n) is 12.5. The SMILES string of the molecule is CC(=O)[C@H]1CC[C@H]2[C@@H]3CC[C@H]4C[C@H](OC(=O)CCCCl)CC[C@]4(C)[C@H]3[C@@H](OC(=O)CCCCl)C[C@]12C. The molecular weight excluding hydrogens is 499 g/mol. The van der Waals surface area contributed by atoms with Crippen LogP contribution in [0.1, 0.15) is 97.8 Å². The Morgan fingerprint density at radius 1 is 0.861 bits per heavy atom. The molecule has 4 aliphatic rings. The van der Waals surface area contributed by atoms with Crippen LogP contribution in [0.15, 0.2) is 0 Å². The highest BCUT2D eigenvalue weighted by atomic mass is 35.5. The van der Waals surface area contributed by atoms with E-state index in [2.05, 4.69) is 13.8 Å². The molecule has 4 saturated carbocycles. The highest BCUT2D eigenvalue weighted by Crippen LogP contribution is 2.68. The number of hydrogen-bond acceptors (Lipinski definition) is 5. The van der Waals surface area contributed by atoms with E-state index in [0.717, 1.165) is 51.4 Å². The van der Waals surface area contributed by atoms with Gasteiger partial charge in [-0.25, -0.2) is 0 Å². The Balaban J connectivity index is 1.57. The molecule has 9 atom stereocenters. The van der Waals surface area contributed by atoms with Gasteiger partial charge in [-0.2, -0.15) is 0 Å². The summed E-state index contributed by atoms with van der Waals surface area (Å²) in [5.74, 6) is 2.64. The lowest BCUT2D eigenvalue weighted by molar-refractivity contribution is -0.201. The molecule has 0 N–H and O–H groups in total. The molecule has 0 aromatic carbocycles. The van der Waals surface area contributed by atoms with Crippen molar-refractivity contribution in [2.45, 2.75) is 110 Å². The van der Waals surface area contributed by atoms with Gasteiger partial charge in [0.15, 0.2) is 0 Å². The first-order chi connectivity index (χ1) is 17.1. The van der Waals surface area contributed by atoms with Gasteiger partial charge in [0, 0.05) is 36.4 Å². The molecule has 0 saturated heterocycles. The first-order valence-corrected chi connectivity index (χ1v) is 15.2. The first-order valence-electron chi connectivity index (χ1n) is 14.2. The van der Waals surface area contributed by atoms with Gasteiger partial charge in [0.05, 0.1) is 0 Å². The highest BCUT2D eigenvalue weighted by Gasteiger charge is 2.64. The van der Waals surface area contributed by atoms with Crippen LogP contribution in [0.4, 0.5) is 0 Å². The Labute approximate surface area is 226 Å². The van der Waals surface area contributed by atoms with Gasteiger partial charge in [-0.05, 0) is 99.7 Å². The normalized spacial score (nSPS) is 41.5. The standard InChI is InChI=1S/C29H44Cl2O5/c1-18(32)22-10-11-23-21-9-8-19-16-20(35-25(33)6-4-14-30)12-13-28(19,2)27(21)24(17-29(22,23)3)36-26(34)7-5-15-31/h19-24,27H,4-17H2,1-3H3/t19-,20+,21-,22+,23-,24-,27+,28-,29+/m0/s1. The van der Waals surface area contributed by atoms with Crippen LogP contribution in [-0.2, 0) is 23.9 Å². The molecule has 0 aromatic heterocycles. The predicted octanol–water partition coefficient (Wildman–Crippen LogP) is 6.71. The lowest BCUT2D eigenvalue weighted by Crippen LogP contribution is -2.60. The van der Waals surface area contributed by atoms with E-state index in [0.29, 0.717) is 55.2 Å². The summed E-state index contributed by atoms with van der Waals surface area (Å²) in [4.78, 5) is 37.8. The number of Topliss-reactive ketones (excluding diaryl/α,β-unsaturated/α-hetero) is 1. The van der Waals surface area contributed by atoms with E-state index >= 15 is 0 Å². The zero-order valence-electron chi connectivity index (χ0n) is 22.2. The summed E-state index contributed by atoms with van der Waals surface area (Å²) in [5.41, 5.74) is -0.0716. The fraction of sp³-hybridized carbons (Fsp3) is 0.897. The van der Waals surface area contributed by atoms with E-state index in [-0.39, 0.29) is 52.6 Å². The van der Waals surface area contributed by atoms with Crippen molar-refractivity contribution in [3.05, 3.63) is 0 Å². The lowest BCUT2D eigenvalue weighted by atomic mass is 9.43. The molecule has 5 nitrogen and oxygen atoms in total. The summed E-state index contributed by atoms with van der Waals surface area (Å²) in [5, 5.41) is 0. The largest absolute Gasteiger partial charge is 0.462 e. The van der Waals surface area contributed by atoms with Crippen LogP contribution >= 0.6 is 23.2 Å². The summed E-state index contributed by atoms with van der Waals surface area (Å²) < 4.78 is 12.2. The second kappa shape index (κ2) is 11.5. The minimum atomic E-state index is -0.172. The third-order valence-corrected chi connectivity index (χ3v) is 11.2. The zero-order valence-corrected chi connectivity index (χ0v) is 23.7. The van der Waals surface area contributed by atoms with Crippen molar-refractivity contribution >= 4 is 40.9 Å². The maximum atomic E-state index is 12.9. The predicted molar refractivity (Wildman–Crippen MR) is 141 cm³/mol. The van der Waals surface area contributed by atoms with Crippen LogP contribution in [0.2, 0.25) is 0 Å². The maximum Gasteiger partial charge on any atom is 0.306 e. The Hall–Kier alpha value is -0.810. The van der Waals surface area contributed by atoms with E-state index in [4.69, 9.17) is 32.7 Å². The van der Waals surface area contributed by atoms with Gasteiger partial charge in [-0.3, -0.25) is 14.4 Å². The molecule has 0 radical (unpaired) electrons. The van der Waals surface area contributed by atoms with Crippen LogP contribution < -0.4 is 0 Å². The maximum absolute atomic E-state index is 12.9. The summed E-state index contributed by atoms with van der Waals surface area (Å²) in [6, 6.07) is 0. The number of rotatable bonds is 9. The summed E-state index contributed by atoms with van der Waals surface area (Å²) in [6.45, 7) is 6.43. The second-order valence-corrected chi connectivity index (χ2v) is 13.3. The van der Waals surface area contributed by atoms with Crippen molar-refractivity contribution in [2.75, 3.05) is 11.8 Å². The van der Waals surface area contributed by atoms with Crippen LogP contribution in [0, 0.1) is 40.4 Å². The molecule has 204 valence electrons. The van der Waals surface area contributed by atoms with E-state index < -0.39 is 0 Å². The summed E-state index contributed by atoms with van der Waals surface area (Å²) in [7, 11) is 0. The molecule has 0 bridgehead atoms. The Morgan fingerprint density at radius 3 is 2.17 bits per heavy atom. The minimum Gasteiger partial charge on any atom is -0.462 e. The third kappa shape index (κ3) is 5.35. The zero-order chi connectivity index (χ0) is 26.1. The number of ketones is 1. The molecule has 0 amide bonds. The quantitative estimate of drug-likeness (QED) is 0.239. The monoisotopic (exact) mass is 542 g/mol. The molecule has 4 rings (SSSR count). The van der Waals surface area contributed by atoms with Crippen LogP contribution in [0.5, 0.6) is 0 Å². The number of esters is 2. The van der Waals surface area contributed by atoms with E-state index in [1.54, 1.807) is 6.92 Å². The number of carbonyl (C=O) groups is 3. The van der Waals surface area contributed by atoms with E-state index in [9.17, 15) is 14.4 Å². The summed E-state index contributed by atoms with van der Waals surface area (Å²) in [6.07, 6.45) is 9.52. The topological polar surface area (TPSA) is 69.7 Å². The molecule has 0 unspecified atom stereocenters. The van der Waals surface area contributed by atoms with Crippen molar-refractivity contribution in [3.8, 4) is 0 Å². The third-order valence-electron chi connectivity index (χ3n) is 10.6. The summed E-state index contributed by atoms with van der Waals surface area (Å²) >= 11 is 11.6. The Kier molecular flexibility index (Phi) is 9.02. The van der Waals surface area contributed by atoms with E-state index in [1.165, 1.54) is 0 Å². The van der Waals surface area contributed by atoms with Gasteiger partial charge in [0.2, 0.25) is 0 Å². The van der Waals surface area contributed by atoms with E-state index in [1.807, 2.05) is 0 Å². The molecule has 4 aliphatic carbocycles. The van der Waals surface area contributed by atoms with Crippen molar-refractivity contribution in [3.63, 3.8) is 0 Å². The molecule has 0 heterocycles. The first kappa shape index (κ1) is 28.2. The van der Waals surface area contributed by atoms with Crippen molar-refractivity contribution in [1.82, 2.24) is 0 Å². The molecular formula is C29H44Cl2O5. The van der Waals surface area contributed by atoms with Crippen LogP contribution in [0.25, 0.3) is 0 Å². The molecule has 0 aliphatic heterocycles. The number of hydrogen-bond donors (Lipinski definition) is 0. The number of halogens is 2. The van der Waals surface area contributed by atoms with Gasteiger partial charge < -0.3 is 9.47 Å². The van der Waals surface area contributed by atoms with Crippen LogP contribution in [0.3, 0.4) is 0 Å². The number of ether oxygens (including phenoxy) is 2. The van der Waals surface area contributed by atoms with Crippen molar-refractivity contribution in [1.29, 1.82) is 0 Å². The minimum absolute atomic E-state index is 0.0328. The molecule has 0 spiro atoms. The van der Waals surface area contributed by atoms with Crippen molar-refractivity contribution < 1.29 is 23.9 Å². The molecule has 7 heteroatoms. The molecule has 36 heavy (non-hydrogen) atoms. The highest BCUT2D eigenvalue weighted by molar-refractivity contribution is 6.18. The van der Waals surface area contributed by atoms with Gasteiger partial charge >= 0.3 is 11.9 Å². The fourth-order valence-electron chi connectivity index (χ4n) is 9.09. The number of carbonyl (C=O) groups excluding carboxylic acids is 3. The Bertz CT molecular complexity index is 832. The van der Waals surface area contributed by atoms with Gasteiger partial charge in [-0.1, -0.05) is 13.8 Å². The molecule has 0 aromatic rings. The van der Waals surface area contributed by atoms with Gasteiger partial charge in [0.1, 0.15) is 18.0 Å². The Morgan fingerprint density at radius 2 is 1.53 bits per heavy atom. The lowest BCUT2D eigenvalue weighted by Gasteiger charge is -2.62. The number of alkyl halides is 2. The molecule has 4 fully saturated rings. The van der Waals surface area contributed by atoms with Crippen molar-refractivity contribution in [2.24, 2.45) is 40.4 Å². The van der Waals surface area contributed by atoms with Crippen LogP contribution in [-0.4, -0.2) is 41.7 Å². The average molecular weight is 544 g/mol.